The van der Waals surface area contributed by atoms with Crippen LogP contribution in [-0.4, -0.2) is 29.1 Å². The fraction of sp³-hybridized carbons (Fsp3) is 0.742. The van der Waals surface area contributed by atoms with E-state index in [0.717, 1.165) is 24.7 Å². The molecule has 0 heterocycles. The normalized spacial score (nSPS) is 27.2. The molecule has 190 valence electrons. The Hall–Kier alpha value is -1.35. The van der Waals surface area contributed by atoms with E-state index in [0.29, 0.717) is 30.1 Å². The SMILES string of the molecule is C=C(O)C[C@@H]1CC[C@@H](N(CCC2CCCCC2)CCC2CCCCC2)[C@H](c2ccc(F)cc2)C1. The summed E-state index contributed by atoms with van der Waals surface area (Å²) in [6, 6.07) is 7.83. The molecule has 0 aliphatic heterocycles. The molecule has 0 spiro atoms. The molecule has 0 radical (unpaired) electrons. The van der Waals surface area contributed by atoms with E-state index in [4.69, 9.17) is 0 Å². The van der Waals surface area contributed by atoms with Crippen molar-refractivity contribution in [3.8, 4) is 0 Å². The Bertz CT molecular complexity index is 712. The number of aliphatic hydroxyl groups is 1. The van der Waals surface area contributed by atoms with Gasteiger partial charge >= 0.3 is 0 Å². The van der Waals surface area contributed by atoms with Crippen LogP contribution in [0.1, 0.15) is 114 Å². The smallest absolute Gasteiger partial charge is 0.123 e. The van der Waals surface area contributed by atoms with E-state index in [1.54, 1.807) is 12.1 Å². The highest BCUT2D eigenvalue weighted by Crippen LogP contribution is 2.42. The molecular weight excluding hydrogens is 421 g/mol. The Labute approximate surface area is 208 Å². The first-order valence-corrected chi connectivity index (χ1v) is 14.4. The third kappa shape index (κ3) is 7.57. The van der Waals surface area contributed by atoms with Crippen molar-refractivity contribution in [1.82, 2.24) is 4.90 Å². The first kappa shape index (κ1) is 25.7. The summed E-state index contributed by atoms with van der Waals surface area (Å²) >= 11 is 0. The lowest BCUT2D eigenvalue weighted by atomic mass is 9.72. The minimum atomic E-state index is -0.150. The molecule has 34 heavy (non-hydrogen) atoms. The second kappa shape index (κ2) is 13.1. The number of allylic oxidation sites excluding steroid dienone is 1. The first-order valence-electron chi connectivity index (χ1n) is 14.4. The van der Waals surface area contributed by atoms with Crippen molar-refractivity contribution in [1.29, 1.82) is 0 Å². The largest absolute Gasteiger partial charge is 0.513 e. The van der Waals surface area contributed by atoms with Gasteiger partial charge < -0.3 is 5.11 Å². The van der Waals surface area contributed by atoms with Gasteiger partial charge in [-0.15, -0.1) is 0 Å². The molecule has 3 fully saturated rings. The van der Waals surface area contributed by atoms with E-state index >= 15 is 0 Å². The zero-order valence-corrected chi connectivity index (χ0v) is 21.4. The zero-order chi connectivity index (χ0) is 23.8. The predicted octanol–water partition coefficient (Wildman–Crippen LogP) is 8.78. The lowest BCUT2D eigenvalue weighted by molar-refractivity contribution is 0.0936. The molecule has 0 amide bonds. The van der Waals surface area contributed by atoms with Crippen LogP contribution in [0.5, 0.6) is 0 Å². The van der Waals surface area contributed by atoms with Crippen LogP contribution in [0.4, 0.5) is 4.39 Å². The monoisotopic (exact) mass is 469 g/mol. The standard InChI is InChI=1S/C31H48FNO/c1-24(34)22-27-12-17-31(30(23-27)28-13-15-29(32)16-14-28)33(20-18-25-8-4-2-5-9-25)21-19-26-10-6-3-7-11-26/h13-16,25-27,30-31,34H,1-12,17-23H2/t27-,30-,31+/m0/s1. The van der Waals surface area contributed by atoms with E-state index in [2.05, 4.69) is 11.5 Å². The lowest BCUT2D eigenvalue weighted by Gasteiger charge is -2.44. The second-order valence-electron chi connectivity index (χ2n) is 11.8. The van der Waals surface area contributed by atoms with Crippen LogP contribution in [0.2, 0.25) is 0 Å². The van der Waals surface area contributed by atoms with Gasteiger partial charge in [0, 0.05) is 12.5 Å². The molecule has 2 nitrogen and oxygen atoms in total. The quantitative estimate of drug-likeness (QED) is 0.346. The summed E-state index contributed by atoms with van der Waals surface area (Å²) in [4.78, 5) is 2.86. The highest BCUT2D eigenvalue weighted by molar-refractivity contribution is 5.23. The van der Waals surface area contributed by atoms with Gasteiger partial charge in [-0.25, -0.2) is 4.39 Å². The number of hydrogen-bond acceptors (Lipinski definition) is 2. The van der Waals surface area contributed by atoms with Gasteiger partial charge in [0.1, 0.15) is 5.82 Å². The van der Waals surface area contributed by atoms with E-state index in [1.165, 1.54) is 102 Å². The van der Waals surface area contributed by atoms with Crippen LogP contribution < -0.4 is 0 Å². The van der Waals surface area contributed by atoms with Crippen molar-refractivity contribution in [2.75, 3.05) is 13.1 Å². The Morgan fingerprint density at radius 2 is 1.35 bits per heavy atom. The Balaban J connectivity index is 1.49. The Morgan fingerprint density at radius 1 is 0.794 bits per heavy atom. The van der Waals surface area contributed by atoms with E-state index < -0.39 is 0 Å². The summed E-state index contributed by atoms with van der Waals surface area (Å²) in [7, 11) is 0. The van der Waals surface area contributed by atoms with Crippen LogP contribution in [0.25, 0.3) is 0 Å². The van der Waals surface area contributed by atoms with E-state index in [9.17, 15) is 9.50 Å². The van der Waals surface area contributed by atoms with Gasteiger partial charge in [0.2, 0.25) is 0 Å². The maximum atomic E-state index is 13.8. The number of rotatable bonds is 10. The van der Waals surface area contributed by atoms with Gasteiger partial charge in [0.05, 0.1) is 5.76 Å². The number of halogens is 1. The number of benzene rings is 1. The highest BCUT2D eigenvalue weighted by Gasteiger charge is 2.36. The highest BCUT2D eigenvalue weighted by atomic mass is 19.1. The molecule has 3 heteroatoms. The van der Waals surface area contributed by atoms with Crippen molar-refractivity contribution in [3.05, 3.63) is 48.0 Å². The van der Waals surface area contributed by atoms with Gasteiger partial charge in [-0.1, -0.05) is 82.9 Å². The molecule has 1 aromatic rings. The molecule has 0 bridgehead atoms. The van der Waals surface area contributed by atoms with Gasteiger partial charge in [0.25, 0.3) is 0 Å². The summed E-state index contributed by atoms with van der Waals surface area (Å²) < 4.78 is 13.8. The van der Waals surface area contributed by atoms with E-state index in [-0.39, 0.29) is 5.82 Å². The molecule has 1 aromatic carbocycles. The van der Waals surface area contributed by atoms with Crippen molar-refractivity contribution < 1.29 is 9.50 Å². The average molecular weight is 470 g/mol. The summed E-state index contributed by atoms with van der Waals surface area (Å²) in [6.45, 7) is 6.21. The van der Waals surface area contributed by atoms with E-state index in [1.807, 2.05) is 12.1 Å². The Kier molecular flexibility index (Phi) is 9.91. The fourth-order valence-corrected chi connectivity index (χ4v) is 7.36. The summed E-state index contributed by atoms with van der Waals surface area (Å²) in [5.74, 6) is 2.86. The molecule has 1 N–H and O–H groups in total. The molecule has 0 aromatic heterocycles. The van der Waals surface area contributed by atoms with Crippen LogP contribution in [0, 0.1) is 23.6 Å². The molecule has 0 unspecified atom stereocenters. The number of nitrogens with zero attached hydrogens (tertiary/aromatic N) is 1. The third-order valence-corrected chi connectivity index (χ3v) is 9.31. The lowest BCUT2D eigenvalue weighted by Crippen LogP contribution is -2.45. The van der Waals surface area contributed by atoms with Crippen molar-refractivity contribution in [2.24, 2.45) is 17.8 Å². The summed E-state index contributed by atoms with van der Waals surface area (Å²) in [5, 5.41) is 9.88. The molecule has 3 aliphatic rings. The maximum Gasteiger partial charge on any atom is 0.123 e. The molecular formula is C31H48FNO. The molecule has 3 atom stereocenters. The number of hydrogen-bond donors (Lipinski definition) is 1. The number of aliphatic hydroxyl groups excluding tert-OH is 1. The topological polar surface area (TPSA) is 23.5 Å². The molecule has 3 saturated carbocycles. The molecule has 0 saturated heterocycles. The fourth-order valence-electron chi connectivity index (χ4n) is 7.36. The van der Waals surface area contributed by atoms with Gasteiger partial charge in [-0.05, 0) is 86.6 Å². The van der Waals surface area contributed by atoms with Crippen molar-refractivity contribution in [2.45, 2.75) is 115 Å². The first-order chi connectivity index (χ1) is 16.6. The van der Waals surface area contributed by atoms with Crippen LogP contribution >= 0.6 is 0 Å². The Morgan fingerprint density at radius 3 is 1.88 bits per heavy atom. The van der Waals surface area contributed by atoms with Crippen LogP contribution in [0.15, 0.2) is 36.6 Å². The molecule has 3 aliphatic carbocycles. The average Bonchev–Trinajstić information content (AvgIpc) is 2.86. The van der Waals surface area contributed by atoms with Gasteiger partial charge in [-0.3, -0.25) is 4.90 Å². The van der Waals surface area contributed by atoms with Crippen LogP contribution in [-0.2, 0) is 0 Å². The van der Waals surface area contributed by atoms with Crippen LogP contribution in [0.3, 0.4) is 0 Å². The van der Waals surface area contributed by atoms with Crippen molar-refractivity contribution in [3.63, 3.8) is 0 Å². The van der Waals surface area contributed by atoms with Gasteiger partial charge in [0.15, 0.2) is 0 Å². The second-order valence-corrected chi connectivity index (χ2v) is 11.8. The molecule has 4 rings (SSSR count). The third-order valence-electron chi connectivity index (χ3n) is 9.31. The minimum absolute atomic E-state index is 0.150. The summed E-state index contributed by atoms with van der Waals surface area (Å²) in [5.41, 5.74) is 1.28. The minimum Gasteiger partial charge on any atom is -0.513 e. The maximum absolute atomic E-state index is 13.8. The predicted molar refractivity (Wildman–Crippen MR) is 141 cm³/mol. The summed E-state index contributed by atoms with van der Waals surface area (Å²) in [6.07, 6.45) is 21.0. The zero-order valence-electron chi connectivity index (χ0n) is 21.4. The van der Waals surface area contributed by atoms with Gasteiger partial charge in [-0.2, -0.15) is 0 Å². The van der Waals surface area contributed by atoms with Crippen molar-refractivity contribution >= 4 is 0 Å².